The van der Waals surface area contributed by atoms with Gasteiger partial charge in [-0.25, -0.2) is 0 Å². The molecule has 0 aliphatic rings. The van der Waals surface area contributed by atoms with Gasteiger partial charge in [0.1, 0.15) is 5.75 Å². The fraction of sp³-hybridized carbons (Fsp3) is 0.0870. The summed E-state index contributed by atoms with van der Waals surface area (Å²) in [6.07, 6.45) is 3.41. The third-order valence-corrected chi connectivity index (χ3v) is 4.23. The number of para-hydroxylation sites is 1. The van der Waals surface area contributed by atoms with Crippen molar-refractivity contribution < 1.29 is 9.53 Å². The van der Waals surface area contributed by atoms with E-state index in [-0.39, 0.29) is 5.78 Å². The summed E-state index contributed by atoms with van der Waals surface area (Å²) in [5.41, 5.74) is 3.76. The number of carbonyl (C=O) groups is 1. The lowest BCUT2D eigenvalue weighted by Crippen LogP contribution is -2.09. The molecule has 0 amide bonds. The Morgan fingerprint density at radius 1 is 0.846 bits per heavy atom. The Morgan fingerprint density at radius 2 is 1.46 bits per heavy atom. The number of methoxy groups -OCH3 is 1. The van der Waals surface area contributed by atoms with Crippen LogP contribution in [0.25, 0.3) is 6.08 Å². The minimum atomic E-state index is -0.0188. The second kappa shape index (κ2) is 8.17. The summed E-state index contributed by atoms with van der Waals surface area (Å²) >= 11 is 0. The maximum absolute atomic E-state index is 12.4. The molecule has 3 rings (SSSR count). The van der Waals surface area contributed by atoms with Gasteiger partial charge in [0.15, 0.2) is 5.78 Å². The van der Waals surface area contributed by atoms with Crippen molar-refractivity contribution in [1.82, 2.24) is 0 Å². The molecular formula is C23H21NO2. The molecule has 0 saturated heterocycles. The number of ether oxygens (including phenoxy) is 1. The lowest BCUT2D eigenvalue weighted by Gasteiger charge is -2.19. The number of anilines is 2. The minimum absolute atomic E-state index is 0.0188. The Morgan fingerprint density at radius 3 is 2.08 bits per heavy atom. The van der Waals surface area contributed by atoms with E-state index in [1.54, 1.807) is 13.2 Å². The van der Waals surface area contributed by atoms with E-state index in [9.17, 15) is 4.79 Å². The molecule has 3 heteroatoms. The second-order valence-electron chi connectivity index (χ2n) is 5.91. The minimum Gasteiger partial charge on any atom is -0.497 e. The summed E-state index contributed by atoms with van der Waals surface area (Å²) in [4.78, 5) is 14.5. The molecule has 0 saturated carbocycles. The summed E-state index contributed by atoms with van der Waals surface area (Å²) in [6, 6.07) is 25.3. The quantitative estimate of drug-likeness (QED) is 0.446. The van der Waals surface area contributed by atoms with Gasteiger partial charge in [-0.1, -0.05) is 36.4 Å². The largest absolute Gasteiger partial charge is 0.497 e. The van der Waals surface area contributed by atoms with Crippen molar-refractivity contribution in [3.05, 3.63) is 96.1 Å². The zero-order chi connectivity index (χ0) is 18.4. The van der Waals surface area contributed by atoms with E-state index in [4.69, 9.17) is 4.74 Å². The molecule has 3 nitrogen and oxygen atoms in total. The van der Waals surface area contributed by atoms with Crippen LogP contribution < -0.4 is 9.64 Å². The molecule has 3 aromatic carbocycles. The summed E-state index contributed by atoms with van der Waals surface area (Å²) in [5, 5.41) is 0. The van der Waals surface area contributed by atoms with E-state index in [0.29, 0.717) is 5.56 Å². The molecule has 0 fully saturated rings. The average Bonchev–Trinajstić information content (AvgIpc) is 2.72. The van der Waals surface area contributed by atoms with Gasteiger partial charge >= 0.3 is 0 Å². The number of hydrogen-bond acceptors (Lipinski definition) is 3. The van der Waals surface area contributed by atoms with E-state index in [1.165, 1.54) is 0 Å². The van der Waals surface area contributed by atoms with E-state index >= 15 is 0 Å². The van der Waals surface area contributed by atoms with Gasteiger partial charge in [0.2, 0.25) is 0 Å². The number of ketones is 1. The molecule has 0 N–H and O–H groups in total. The van der Waals surface area contributed by atoms with Crippen molar-refractivity contribution in [3.63, 3.8) is 0 Å². The van der Waals surface area contributed by atoms with Crippen LogP contribution in [0.2, 0.25) is 0 Å². The maximum atomic E-state index is 12.4. The zero-order valence-corrected chi connectivity index (χ0v) is 14.9. The molecule has 0 aliphatic carbocycles. The summed E-state index contributed by atoms with van der Waals surface area (Å²) < 4.78 is 5.13. The molecule has 0 unspecified atom stereocenters. The van der Waals surface area contributed by atoms with Gasteiger partial charge in [0.05, 0.1) is 7.11 Å². The van der Waals surface area contributed by atoms with Crippen molar-refractivity contribution in [2.45, 2.75) is 0 Å². The molecule has 26 heavy (non-hydrogen) atoms. The molecular weight excluding hydrogens is 322 g/mol. The Bertz CT molecular complexity index is 882. The van der Waals surface area contributed by atoms with E-state index in [2.05, 4.69) is 17.0 Å². The van der Waals surface area contributed by atoms with Crippen LogP contribution in [0.1, 0.15) is 15.9 Å². The normalized spacial score (nSPS) is 10.7. The number of rotatable bonds is 6. The van der Waals surface area contributed by atoms with Crippen LogP contribution in [-0.2, 0) is 0 Å². The lowest BCUT2D eigenvalue weighted by molar-refractivity contribution is 0.104. The van der Waals surface area contributed by atoms with Crippen LogP contribution in [0.15, 0.2) is 84.9 Å². The van der Waals surface area contributed by atoms with Crippen molar-refractivity contribution in [2.75, 3.05) is 19.1 Å². The van der Waals surface area contributed by atoms with Crippen molar-refractivity contribution in [2.24, 2.45) is 0 Å². The molecule has 130 valence electrons. The molecule has 0 spiro atoms. The Balaban J connectivity index is 1.69. The fourth-order valence-corrected chi connectivity index (χ4v) is 2.63. The molecule has 0 aliphatic heterocycles. The van der Waals surface area contributed by atoms with Crippen LogP contribution in [0.3, 0.4) is 0 Å². The SMILES string of the molecule is COc1ccc(/C=C/C(=O)c2ccc(N(C)c3ccccc3)cc2)cc1. The van der Waals surface area contributed by atoms with Crippen LogP contribution in [-0.4, -0.2) is 19.9 Å². The first-order valence-corrected chi connectivity index (χ1v) is 8.43. The Hall–Kier alpha value is -3.33. The van der Waals surface area contributed by atoms with Crippen LogP contribution in [0.5, 0.6) is 5.75 Å². The van der Waals surface area contributed by atoms with Crippen LogP contribution >= 0.6 is 0 Å². The molecule has 0 radical (unpaired) electrons. The third kappa shape index (κ3) is 4.19. The zero-order valence-electron chi connectivity index (χ0n) is 14.9. The predicted octanol–water partition coefficient (Wildman–Crippen LogP) is 5.36. The number of hydrogen-bond donors (Lipinski definition) is 0. The van der Waals surface area contributed by atoms with Gasteiger partial charge < -0.3 is 9.64 Å². The van der Waals surface area contributed by atoms with E-state index in [1.807, 2.05) is 79.9 Å². The molecule has 0 heterocycles. The molecule has 3 aromatic rings. The van der Waals surface area contributed by atoms with Crippen molar-refractivity contribution in [3.8, 4) is 5.75 Å². The highest BCUT2D eigenvalue weighted by Crippen LogP contribution is 2.23. The molecule has 0 bridgehead atoms. The summed E-state index contributed by atoms with van der Waals surface area (Å²) in [7, 11) is 3.64. The van der Waals surface area contributed by atoms with Crippen molar-refractivity contribution >= 4 is 23.2 Å². The summed E-state index contributed by atoms with van der Waals surface area (Å²) in [6.45, 7) is 0. The smallest absolute Gasteiger partial charge is 0.185 e. The highest BCUT2D eigenvalue weighted by molar-refractivity contribution is 6.07. The van der Waals surface area contributed by atoms with Crippen LogP contribution in [0.4, 0.5) is 11.4 Å². The number of allylic oxidation sites excluding steroid dienone is 1. The van der Waals surface area contributed by atoms with Crippen LogP contribution in [0, 0.1) is 0 Å². The number of nitrogens with zero attached hydrogens (tertiary/aromatic N) is 1. The maximum Gasteiger partial charge on any atom is 0.185 e. The standard InChI is InChI=1S/C23H21NO2/c1-24(20-6-4-3-5-7-20)21-13-11-19(12-14-21)23(25)17-10-18-8-15-22(26-2)16-9-18/h3-17H,1-2H3/b17-10+. The van der Waals surface area contributed by atoms with Gasteiger partial charge in [-0.2, -0.15) is 0 Å². The lowest BCUT2D eigenvalue weighted by atomic mass is 10.1. The molecule has 0 aromatic heterocycles. The molecule has 0 atom stereocenters. The van der Waals surface area contributed by atoms with Crippen molar-refractivity contribution in [1.29, 1.82) is 0 Å². The first-order valence-electron chi connectivity index (χ1n) is 8.43. The number of benzene rings is 3. The van der Waals surface area contributed by atoms with Gasteiger partial charge in [-0.05, 0) is 60.2 Å². The van der Waals surface area contributed by atoms with Gasteiger partial charge in [0.25, 0.3) is 0 Å². The highest BCUT2D eigenvalue weighted by Gasteiger charge is 2.06. The number of carbonyl (C=O) groups excluding carboxylic acids is 1. The van der Waals surface area contributed by atoms with Gasteiger partial charge in [-0.3, -0.25) is 4.79 Å². The first-order chi connectivity index (χ1) is 12.7. The topological polar surface area (TPSA) is 29.5 Å². The fourth-order valence-electron chi connectivity index (χ4n) is 2.63. The third-order valence-electron chi connectivity index (χ3n) is 4.23. The predicted molar refractivity (Wildman–Crippen MR) is 107 cm³/mol. The van der Waals surface area contributed by atoms with E-state index < -0.39 is 0 Å². The summed E-state index contributed by atoms with van der Waals surface area (Å²) in [5.74, 6) is 0.779. The Kier molecular flexibility index (Phi) is 5.49. The van der Waals surface area contributed by atoms with Gasteiger partial charge in [0, 0.05) is 24.0 Å². The Labute approximate surface area is 154 Å². The van der Waals surface area contributed by atoms with E-state index in [0.717, 1.165) is 22.7 Å². The highest BCUT2D eigenvalue weighted by atomic mass is 16.5. The second-order valence-corrected chi connectivity index (χ2v) is 5.91. The van der Waals surface area contributed by atoms with Gasteiger partial charge in [-0.15, -0.1) is 0 Å². The first kappa shape index (κ1) is 17.5. The monoisotopic (exact) mass is 343 g/mol. The average molecular weight is 343 g/mol.